The summed E-state index contributed by atoms with van der Waals surface area (Å²) < 4.78 is 23.2. The van der Waals surface area contributed by atoms with Crippen molar-refractivity contribution in [3.05, 3.63) is 0 Å². The van der Waals surface area contributed by atoms with Gasteiger partial charge in [0.1, 0.15) is 0 Å². The van der Waals surface area contributed by atoms with Crippen LogP contribution < -0.4 is 4.72 Å². The molecule has 0 rings (SSSR count). The zero-order valence-corrected chi connectivity index (χ0v) is 7.73. The van der Waals surface area contributed by atoms with E-state index in [0.717, 1.165) is 0 Å². The minimum Gasteiger partial charge on any atom is -0.278 e. The fourth-order valence-electron chi connectivity index (χ4n) is 0.413. The zero-order chi connectivity index (χ0) is 9.12. The van der Waals surface area contributed by atoms with E-state index in [9.17, 15) is 13.2 Å². The average molecular weight is 179 g/mol. The second-order valence-electron chi connectivity index (χ2n) is 2.85. The molecule has 0 fully saturated rings. The maximum Gasteiger partial charge on any atom is 0.239 e. The lowest BCUT2D eigenvalue weighted by Gasteiger charge is -2.21. The van der Waals surface area contributed by atoms with Gasteiger partial charge in [0.05, 0.1) is 4.75 Å². The van der Waals surface area contributed by atoms with Crippen LogP contribution in [0.5, 0.6) is 0 Å². The number of sulfonamides is 1. The molecule has 66 valence electrons. The van der Waals surface area contributed by atoms with Gasteiger partial charge in [0.15, 0.2) is 0 Å². The Balaban J connectivity index is 4.68. The largest absolute Gasteiger partial charge is 0.278 e. The topological polar surface area (TPSA) is 63.2 Å². The first-order valence-electron chi connectivity index (χ1n) is 3.33. The fourth-order valence-corrected chi connectivity index (χ4v) is 1.24. The molecule has 0 radical (unpaired) electrons. The number of carbonyl (C=O) groups excluding carboxylic acids is 1. The molecule has 0 unspecified atom stereocenters. The number of amides is 1. The molecular formula is C6H13NO3S. The molecule has 0 bridgehead atoms. The number of hydrogen-bond acceptors (Lipinski definition) is 3. The summed E-state index contributed by atoms with van der Waals surface area (Å²) in [4.78, 5) is 9.89. The second-order valence-corrected chi connectivity index (χ2v) is 5.20. The molecule has 1 N–H and O–H groups in total. The smallest absolute Gasteiger partial charge is 0.239 e. The van der Waals surface area contributed by atoms with Crippen LogP contribution in [0.15, 0.2) is 0 Å². The minimum absolute atomic E-state index is 0.187. The van der Waals surface area contributed by atoms with E-state index in [-0.39, 0.29) is 6.41 Å². The van der Waals surface area contributed by atoms with Gasteiger partial charge in [0.2, 0.25) is 16.4 Å². The maximum atomic E-state index is 11.1. The predicted molar refractivity (Wildman–Crippen MR) is 42.5 cm³/mol. The molecule has 0 saturated heterocycles. The van der Waals surface area contributed by atoms with Crippen molar-refractivity contribution in [3.8, 4) is 0 Å². The number of carbonyl (C=O) groups is 1. The van der Waals surface area contributed by atoms with Gasteiger partial charge in [-0.15, -0.1) is 0 Å². The third kappa shape index (κ3) is 2.18. The Morgan fingerprint density at radius 2 is 1.91 bits per heavy atom. The van der Waals surface area contributed by atoms with Crippen LogP contribution in [0.1, 0.15) is 27.2 Å². The van der Waals surface area contributed by atoms with Crippen molar-refractivity contribution in [1.82, 2.24) is 4.72 Å². The van der Waals surface area contributed by atoms with E-state index in [1.165, 1.54) is 0 Å². The highest BCUT2D eigenvalue weighted by Gasteiger charge is 2.31. The first kappa shape index (κ1) is 10.4. The van der Waals surface area contributed by atoms with Crippen LogP contribution in [0.25, 0.3) is 0 Å². The Kier molecular flexibility index (Phi) is 3.04. The van der Waals surface area contributed by atoms with Gasteiger partial charge in [-0.3, -0.25) is 9.52 Å². The van der Waals surface area contributed by atoms with Crippen molar-refractivity contribution >= 4 is 16.4 Å². The van der Waals surface area contributed by atoms with Crippen LogP contribution in [0.3, 0.4) is 0 Å². The molecule has 0 aliphatic rings. The van der Waals surface area contributed by atoms with Gasteiger partial charge in [-0.05, 0) is 20.3 Å². The summed E-state index contributed by atoms with van der Waals surface area (Å²) in [5, 5.41) is 0. The Labute approximate surface area is 67.0 Å². The van der Waals surface area contributed by atoms with Gasteiger partial charge < -0.3 is 0 Å². The summed E-state index contributed by atoms with van der Waals surface area (Å²) >= 11 is 0. The van der Waals surface area contributed by atoms with Gasteiger partial charge in [-0.25, -0.2) is 8.42 Å². The molecule has 1 amide bonds. The molecule has 0 aliphatic carbocycles. The van der Waals surface area contributed by atoms with Crippen LogP contribution in [-0.2, 0) is 14.8 Å². The molecule has 0 saturated carbocycles. The number of hydrogen-bond donors (Lipinski definition) is 1. The first-order valence-corrected chi connectivity index (χ1v) is 4.81. The lowest BCUT2D eigenvalue weighted by Crippen LogP contribution is -2.40. The second kappa shape index (κ2) is 3.21. The van der Waals surface area contributed by atoms with Crippen molar-refractivity contribution < 1.29 is 13.2 Å². The molecular weight excluding hydrogens is 166 g/mol. The zero-order valence-electron chi connectivity index (χ0n) is 6.92. The van der Waals surface area contributed by atoms with Gasteiger partial charge in [0, 0.05) is 0 Å². The highest BCUT2D eigenvalue weighted by Crippen LogP contribution is 2.17. The molecule has 4 nitrogen and oxygen atoms in total. The normalized spacial score (nSPS) is 12.6. The standard InChI is InChI=1S/C6H13NO3S/c1-4-6(2,3)11(9,10)7-5-8/h5H,4H2,1-3H3,(H,7,8). The van der Waals surface area contributed by atoms with E-state index < -0.39 is 14.8 Å². The van der Waals surface area contributed by atoms with Crippen molar-refractivity contribution in [2.45, 2.75) is 31.9 Å². The van der Waals surface area contributed by atoms with E-state index in [0.29, 0.717) is 6.42 Å². The quantitative estimate of drug-likeness (QED) is 0.629. The number of nitrogens with one attached hydrogen (secondary N) is 1. The van der Waals surface area contributed by atoms with E-state index >= 15 is 0 Å². The van der Waals surface area contributed by atoms with Gasteiger partial charge in [-0.1, -0.05) is 6.92 Å². The Morgan fingerprint density at radius 3 is 2.18 bits per heavy atom. The lowest BCUT2D eigenvalue weighted by atomic mass is 10.1. The summed E-state index contributed by atoms with van der Waals surface area (Å²) in [5.41, 5.74) is 0. The monoisotopic (exact) mass is 179 g/mol. The van der Waals surface area contributed by atoms with Crippen molar-refractivity contribution in [2.24, 2.45) is 0 Å². The highest BCUT2D eigenvalue weighted by atomic mass is 32.2. The molecule has 0 atom stereocenters. The third-order valence-corrected chi connectivity index (χ3v) is 3.93. The molecule has 5 heteroatoms. The first-order chi connectivity index (χ1) is 4.87. The fraction of sp³-hybridized carbons (Fsp3) is 0.833. The van der Waals surface area contributed by atoms with Gasteiger partial charge in [0.25, 0.3) is 0 Å². The Morgan fingerprint density at radius 1 is 1.45 bits per heavy atom. The van der Waals surface area contributed by atoms with Crippen LogP contribution >= 0.6 is 0 Å². The Hall–Kier alpha value is -0.580. The summed E-state index contributed by atoms with van der Waals surface area (Å²) in [7, 11) is -3.48. The molecule has 0 spiro atoms. The molecule has 0 aromatic carbocycles. The molecule has 0 aliphatic heterocycles. The van der Waals surface area contributed by atoms with Crippen LogP contribution in [0.2, 0.25) is 0 Å². The van der Waals surface area contributed by atoms with Gasteiger partial charge in [-0.2, -0.15) is 0 Å². The maximum absolute atomic E-state index is 11.1. The highest BCUT2D eigenvalue weighted by molar-refractivity contribution is 7.91. The van der Waals surface area contributed by atoms with Crippen molar-refractivity contribution in [3.63, 3.8) is 0 Å². The third-order valence-electron chi connectivity index (χ3n) is 1.78. The summed E-state index contributed by atoms with van der Waals surface area (Å²) in [5.74, 6) is 0. The lowest BCUT2D eigenvalue weighted by molar-refractivity contribution is -0.108. The summed E-state index contributed by atoms with van der Waals surface area (Å²) in [6.07, 6.45) is 0.656. The molecule has 0 aromatic rings. The van der Waals surface area contributed by atoms with Crippen LogP contribution in [-0.4, -0.2) is 19.6 Å². The molecule has 0 aromatic heterocycles. The molecule has 0 heterocycles. The van der Waals surface area contributed by atoms with E-state index in [1.54, 1.807) is 25.5 Å². The SMILES string of the molecule is CCC(C)(C)S(=O)(=O)NC=O. The van der Waals surface area contributed by atoms with Crippen molar-refractivity contribution in [2.75, 3.05) is 0 Å². The van der Waals surface area contributed by atoms with Crippen LogP contribution in [0, 0.1) is 0 Å². The van der Waals surface area contributed by atoms with Crippen molar-refractivity contribution in [1.29, 1.82) is 0 Å². The average Bonchev–Trinajstić information content (AvgIpc) is 1.87. The predicted octanol–water partition coefficient (Wildman–Crippen LogP) is 0.251. The minimum atomic E-state index is -3.48. The Bertz CT molecular complexity index is 230. The van der Waals surface area contributed by atoms with E-state index in [1.807, 2.05) is 0 Å². The molecule has 11 heavy (non-hydrogen) atoms. The van der Waals surface area contributed by atoms with Gasteiger partial charge >= 0.3 is 0 Å². The summed E-state index contributed by atoms with van der Waals surface area (Å²) in [6, 6.07) is 0. The van der Waals surface area contributed by atoms with E-state index in [4.69, 9.17) is 0 Å². The number of rotatable bonds is 4. The van der Waals surface area contributed by atoms with Crippen LogP contribution in [0.4, 0.5) is 0 Å². The summed E-state index contributed by atoms with van der Waals surface area (Å²) in [6.45, 7) is 4.89. The van der Waals surface area contributed by atoms with E-state index in [2.05, 4.69) is 0 Å².